The van der Waals surface area contributed by atoms with Crippen molar-refractivity contribution < 1.29 is 13.8 Å². The van der Waals surface area contributed by atoms with Crippen LogP contribution in [0.5, 0.6) is 0 Å². The van der Waals surface area contributed by atoms with Crippen molar-refractivity contribution in [3.63, 3.8) is 0 Å². The molecule has 3 heterocycles. The van der Waals surface area contributed by atoms with Gasteiger partial charge in [-0.1, -0.05) is 62.4 Å². The topological polar surface area (TPSA) is 69.1 Å². The van der Waals surface area contributed by atoms with Crippen molar-refractivity contribution in [2.24, 2.45) is 4.76 Å². The maximum Gasteiger partial charge on any atom is 0.285 e. The smallest absolute Gasteiger partial charge is 0.285 e. The first-order valence-corrected chi connectivity index (χ1v) is 16.1. The van der Waals surface area contributed by atoms with Crippen LogP contribution in [0.4, 0.5) is 15.9 Å². The number of hydrogen-bond acceptors (Lipinski definition) is 4. The molecule has 0 N–H and O–H groups in total. The van der Waals surface area contributed by atoms with Gasteiger partial charge in [0.1, 0.15) is 11.7 Å². The summed E-state index contributed by atoms with van der Waals surface area (Å²) in [6.07, 6.45) is 1.32. The molecule has 1 unspecified atom stereocenters. The van der Waals surface area contributed by atoms with Crippen molar-refractivity contribution in [2.75, 3.05) is 24.4 Å². The Kier molecular flexibility index (Phi) is 7.84. The molecule has 7 nitrogen and oxygen atoms in total. The van der Waals surface area contributed by atoms with Gasteiger partial charge in [-0.15, -0.1) is 0 Å². The maximum absolute atomic E-state index is 15.0. The van der Waals surface area contributed by atoms with E-state index in [4.69, 9.17) is 21.3 Å². The van der Waals surface area contributed by atoms with Gasteiger partial charge in [0, 0.05) is 37.4 Å². The van der Waals surface area contributed by atoms with E-state index in [1.54, 1.807) is 40.5 Å². The van der Waals surface area contributed by atoms with Crippen LogP contribution in [-0.2, 0) is 9.36 Å². The fourth-order valence-electron chi connectivity index (χ4n) is 5.64. The number of rotatable bonds is 4. The van der Waals surface area contributed by atoms with Gasteiger partial charge < -0.3 is 9.80 Å². The number of nitrogens with zero attached hydrogens (tertiary/aromatic N) is 5. The van der Waals surface area contributed by atoms with Crippen LogP contribution in [0, 0.1) is 5.82 Å². The maximum atomic E-state index is 15.0. The molecule has 1 fully saturated rings. The van der Waals surface area contributed by atoms with E-state index in [2.05, 4.69) is 25.3 Å². The molecule has 5 rings (SSSR count). The number of hydrogen-bond donors (Lipinski definition) is 0. The molecular formula is C31H34ClFN5O2P. The highest BCUT2D eigenvalue weighted by molar-refractivity contribution is 7.64. The standard InChI is InChI=1S/C31H34ClFN5O2P/c1-7-28(39)36-17-21(5)37(18-20(36)4)31-24-16-25(32)29(23-13-8-10-14-26(23)33)34-30(24)38(41(6,40)35-31)27-15-11-9-12-22(27)19(2)3/h7-16,19-21H,1,17-18H2,2-6H3/t20-,21+,41?/m1/s1. The molecule has 0 spiro atoms. The summed E-state index contributed by atoms with van der Waals surface area (Å²) in [4.78, 5) is 21.3. The summed E-state index contributed by atoms with van der Waals surface area (Å²) in [5, 5.41) is 0.257. The third kappa shape index (κ3) is 5.20. The van der Waals surface area contributed by atoms with Crippen LogP contribution < -0.4 is 4.67 Å². The molecule has 1 amide bonds. The van der Waals surface area contributed by atoms with Gasteiger partial charge in [0.15, 0.2) is 5.82 Å². The monoisotopic (exact) mass is 593 g/mol. The first-order chi connectivity index (χ1) is 19.4. The summed E-state index contributed by atoms with van der Waals surface area (Å²) >= 11 is 6.81. The molecule has 0 saturated carbocycles. The number of benzene rings is 2. The minimum atomic E-state index is -3.48. The zero-order valence-electron chi connectivity index (χ0n) is 23.9. The van der Waals surface area contributed by atoms with Crippen LogP contribution in [0.15, 0.2) is 72.0 Å². The Hall–Kier alpha value is -3.48. The molecule has 1 aromatic heterocycles. The lowest BCUT2D eigenvalue weighted by molar-refractivity contribution is -0.130. The van der Waals surface area contributed by atoms with Crippen LogP contribution in [0.2, 0.25) is 5.02 Å². The highest BCUT2D eigenvalue weighted by Crippen LogP contribution is 2.60. The van der Waals surface area contributed by atoms with Gasteiger partial charge >= 0.3 is 0 Å². The van der Waals surface area contributed by atoms with Gasteiger partial charge in [0.05, 0.1) is 22.0 Å². The Morgan fingerprint density at radius 2 is 1.78 bits per heavy atom. The Balaban J connectivity index is 1.74. The summed E-state index contributed by atoms with van der Waals surface area (Å²) in [5.41, 5.74) is 2.84. The van der Waals surface area contributed by atoms with Gasteiger partial charge in [-0.05, 0) is 55.7 Å². The number of fused-ring (bicyclic) bond motifs is 1. The molecule has 10 heteroatoms. The predicted octanol–water partition coefficient (Wildman–Crippen LogP) is 7.49. The summed E-state index contributed by atoms with van der Waals surface area (Å²) < 4.78 is 36.2. The van der Waals surface area contributed by atoms with Crippen molar-refractivity contribution in [3.05, 3.63) is 89.2 Å². The lowest BCUT2D eigenvalue weighted by Crippen LogP contribution is -2.59. The number of halogens is 2. The molecule has 2 aliphatic heterocycles. The molecular weight excluding hydrogens is 560 g/mol. The number of carbonyl (C=O) groups is 1. The summed E-state index contributed by atoms with van der Waals surface area (Å²) in [7, 11) is -3.48. The third-order valence-electron chi connectivity index (χ3n) is 7.68. The highest BCUT2D eigenvalue weighted by atomic mass is 35.5. The van der Waals surface area contributed by atoms with E-state index in [0.717, 1.165) is 11.3 Å². The lowest BCUT2D eigenvalue weighted by Gasteiger charge is -2.47. The van der Waals surface area contributed by atoms with Crippen molar-refractivity contribution >= 4 is 42.3 Å². The van der Waals surface area contributed by atoms with Gasteiger partial charge in [-0.25, -0.2) is 9.37 Å². The van der Waals surface area contributed by atoms with Crippen molar-refractivity contribution in [3.8, 4) is 11.3 Å². The number of para-hydroxylation sites is 1. The average molecular weight is 594 g/mol. The van der Waals surface area contributed by atoms with Crippen LogP contribution in [-0.4, -0.2) is 58.4 Å². The molecule has 0 bridgehead atoms. The zero-order chi connectivity index (χ0) is 29.6. The molecule has 0 aliphatic carbocycles. The first-order valence-electron chi connectivity index (χ1n) is 13.7. The molecule has 214 valence electrons. The van der Waals surface area contributed by atoms with Gasteiger partial charge in [-0.2, -0.15) is 4.76 Å². The lowest BCUT2D eigenvalue weighted by atomic mass is 10.0. The van der Waals surface area contributed by atoms with Crippen LogP contribution in [0.1, 0.15) is 44.7 Å². The number of anilines is 2. The Labute approximate surface area is 245 Å². The van der Waals surface area contributed by atoms with E-state index >= 15 is 0 Å². The second-order valence-electron chi connectivity index (χ2n) is 11.0. The van der Waals surface area contributed by atoms with Crippen LogP contribution >= 0.6 is 19.0 Å². The van der Waals surface area contributed by atoms with E-state index < -0.39 is 13.3 Å². The van der Waals surface area contributed by atoms with E-state index in [0.29, 0.717) is 30.3 Å². The Morgan fingerprint density at radius 3 is 2.46 bits per heavy atom. The summed E-state index contributed by atoms with van der Waals surface area (Å²) in [6, 6.07) is 15.6. The Morgan fingerprint density at radius 1 is 1.10 bits per heavy atom. The SMILES string of the molecule is C=CC(=O)N1C[C@H](C)N(C2=NP(C)(=O)N(c3ccccc3C(C)C)c3nc(-c4ccccc4F)c(Cl)cc32)C[C@H]1C. The number of aromatic nitrogens is 1. The number of pyridine rings is 1. The molecule has 2 aliphatic rings. The molecule has 0 radical (unpaired) electrons. The van der Waals surface area contributed by atoms with Gasteiger partial charge in [0.2, 0.25) is 5.91 Å². The number of amides is 1. The molecule has 3 aromatic rings. The average Bonchev–Trinajstić information content (AvgIpc) is 2.93. The zero-order valence-corrected chi connectivity index (χ0v) is 25.5. The number of carbonyl (C=O) groups excluding carboxylic acids is 1. The van der Waals surface area contributed by atoms with Crippen molar-refractivity contribution in [1.29, 1.82) is 0 Å². The fourth-order valence-corrected chi connectivity index (χ4v) is 7.64. The van der Waals surface area contributed by atoms with E-state index in [9.17, 15) is 13.8 Å². The third-order valence-corrected chi connectivity index (χ3v) is 9.68. The van der Waals surface area contributed by atoms with Crippen molar-refractivity contribution in [1.82, 2.24) is 14.8 Å². The van der Waals surface area contributed by atoms with E-state index in [-0.39, 0.29) is 40.2 Å². The van der Waals surface area contributed by atoms with Gasteiger partial charge in [-0.3, -0.25) is 14.0 Å². The molecule has 2 aromatic carbocycles. The highest BCUT2D eigenvalue weighted by Gasteiger charge is 2.42. The number of amidine groups is 1. The quantitative estimate of drug-likeness (QED) is 0.231. The first kappa shape index (κ1) is 29.0. The number of piperazine rings is 1. The molecule has 41 heavy (non-hydrogen) atoms. The second kappa shape index (κ2) is 11.1. The van der Waals surface area contributed by atoms with Crippen LogP contribution in [0.25, 0.3) is 11.3 Å². The predicted molar refractivity (Wildman–Crippen MR) is 165 cm³/mol. The van der Waals surface area contributed by atoms with E-state index in [1.807, 2.05) is 38.1 Å². The van der Waals surface area contributed by atoms with Gasteiger partial charge in [0.25, 0.3) is 7.44 Å². The minimum absolute atomic E-state index is 0.133. The van der Waals surface area contributed by atoms with Crippen LogP contribution in [0.3, 0.4) is 0 Å². The van der Waals surface area contributed by atoms with E-state index in [1.165, 1.54) is 12.1 Å². The Bertz CT molecular complexity index is 1610. The summed E-state index contributed by atoms with van der Waals surface area (Å²) in [6.45, 7) is 14.3. The second-order valence-corrected chi connectivity index (χ2v) is 13.7. The molecule has 3 atom stereocenters. The normalized spacial score (nSPS) is 22.4. The van der Waals surface area contributed by atoms with Crippen molar-refractivity contribution in [2.45, 2.75) is 45.7 Å². The molecule has 1 saturated heterocycles. The minimum Gasteiger partial charge on any atom is -0.349 e. The largest absolute Gasteiger partial charge is 0.349 e. The summed E-state index contributed by atoms with van der Waals surface area (Å²) in [5.74, 6) is 0.456. The fraction of sp³-hybridized carbons (Fsp3) is 0.323.